The fourth-order valence-electron chi connectivity index (χ4n) is 2.61. The highest BCUT2D eigenvalue weighted by molar-refractivity contribution is 6.07. The van der Waals surface area contributed by atoms with Gasteiger partial charge >= 0.3 is 0 Å². The van der Waals surface area contributed by atoms with Crippen molar-refractivity contribution in [1.29, 1.82) is 0 Å². The third kappa shape index (κ3) is 2.12. The largest absolute Gasteiger partial charge is 0.395 e. The van der Waals surface area contributed by atoms with E-state index in [4.69, 9.17) is 5.11 Å². The maximum Gasteiger partial charge on any atom is 0.256 e. The zero-order valence-corrected chi connectivity index (χ0v) is 11.0. The predicted molar refractivity (Wildman–Crippen MR) is 74.1 cm³/mol. The van der Waals surface area contributed by atoms with Crippen molar-refractivity contribution in [2.24, 2.45) is 7.05 Å². The van der Waals surface area contributed by atoms with Crippen LogP contribution in [-0.2, 0) is 7.05 Å². The zero-order chi connectivity index (χ0) is 13.4. The number of rotatable bonds is 4. The van der Waals surface area contributed by atoms with Gasteiger partial charge < -0.3 is 14.6 Å². The highest BCUT2D eigenvalue weighted by atomic mass is 16.3. The van der Waals surface area contributed by atoms with Crippen LogP contribution in [0.3, 0.4) is 0 Å². The summed E-state index contributed by atoms with van der Waals surface area (Å²) in [4.78, 5) is 14.5. The number of hydrogen-bond acceptors (Lipinski definition) is 2. The highest BCUT2D eigenvalue weighted by Gasteiger charge is 2.33. The molecule has 19 heavy (non-hydrogen) atoms. The second-order valence-electron chi connectivity index (χ2n) is 5.12. The Hall–Kier alpha value is -1.81. The fraction of sp³-hybridized carbons (Fsp3) is 0.400. The lowest BCUT2D eigenvalue weighted by molar-refractivity contribution is 0.0709. The summed E-state index contributed by atoms with van der Waals surface area (Å²) in [7, 11) is 1.95. The van der Waals surface area contributed by atoms with Gasteiger partial charge in [-0.3, -0.25) is 4.79 Å². The summed E-state index contributed by atoms with van der Waals surface area (Å²) in [6.07, 6.45) is 3.99. The molecule has 1 aliphatic carbocycles. The molecule has 0 saturated heterocycles. The minimum Gasteiger partial charge on any atom is -0.395 e. The molecule has 0 bridgehead atoms. The van der Waals surface area contributed by atoms with Gasteiger partial charge in [0.1, 0.15) is 0 Å². The van der Waals surface area contributed by atoms with E-state index in [-0.39, 0.29) is 12.5 Å². The van der Waals surface area contributed by atoms with Gasteiger partial charge in [0, 0.05) is 36.7 Å². The van der Waals surface area contributed by atoms with Crippen LogP contribution in [0.1, 0.15) is 23.2 Å². The molecule has 1 amide bonds. The molecule has 1 aromatic heterocycles. The lowest BCUT2D eigenvalue weighted by Gasteiger charge is -2.20. The Morgan fingerprint density at radius 2 is 2.16 bits per heavy atom. The normalized spacial score (nSPS) is 14.8. The molecule has 2 aromatic rings. The van der Waals surface area contributed by atoms with Gasteiger partial charge in [0.05, 0.1) is 12.2 Å². The monoisotopic (exact) mass is 258 g/mol. The van der Waals surface area contributed by atoms with Gasteiger partial charge in [0.2, 0.25) is 0 Å². The Bertz CT molecular complexity index is 614. The molecule has 1 fully saturated rings. The maximum atomic E-state index is 12.6. The average Bonchev–Trinajstić information content (AvgIpc) is 3.21. The van der Waals surface area contributed by atoms with E-state index in [0.717, 1.165) is 29.3 Å². The zero-order valence-electron chi connectivity index (χ0n) is 11.0. The number of aliphatic hydroxyl groups is 1. The molecule has 3 rings (SSSR count). The second kappa shape index (κ2) is 4.70. The summed E-state index contributed by atoms with van der Waals surface area (Å²) in [6, 6.07) is 8.24. The number of benzene rings is 1. The number of fused-ring (bicyclic) bond motifs is 1. The fourth-order valence-corrected chi connectivity index (χ4v) is 2.61. The van der Waals surface area contributed by atoms with E-state index in [1.807, 2.05) is 47.0 Å². The first-order chi connectivity index (χ1) is 9.22. The highest BCUT2D eigenvalue weighted by Crippen LogP contribution is 2.30. The van der Waals surface area contributed by atoms with Crippen molar-refractivity contribution in [3.05, 3.63) is 36.0 Å². The molecule has 1 aliphatic rings. The van der Waals surface area contributed by atoms with Crippen LogP contribution in [0.2, 0.25) is 0 Å². The van der Waals surface area contributed by atoms with E-state index < -0.39 is 0 Å². The Morgan fingerprint density at radius 3 is 2.84 bits per heavy atom. The van der Waals surface area contributed by atoms with Crippen LogP contribution in [0.4, 0.5) is 0 Å². The van der Waals surface area contributed by atoms with Crippen LogP contribution in [0.5, 0.6) is 0 Å². The molecule has 100 valence electrons. The molecule has 0 aliphatic heterocycles. The van der Waals surface area contributed by atoms with Crippen molar-refractivity contribution in [1.82, 2.24) is 9.47 Å². The first-order valence-corrected chi connectivity index (χ1v) is 6.68. The number of nitrogens with zero attached hydrogens (tertiary/aromatic N) is 2. The van der Waals surface area contributed by atoms with Gasteiger partial charge in [0.15, 0.2) is 0 Å². The average molecular weight is 258 g/mol. The number of carbonyl (C=O) groups excluding carboxylic acids is 1. The third-order valence-corrected chi connectivity index (χ3v) is 3.72. The van der Waals surface area contributed by atoms with Crippen LogP contribution in [0.15, 0.2) is 30.5 Å². The summed E-state index contributed by atoms with van der Waals surface area (Å²) in [5.74, 6) is 0.0355. The SMILES string of the molecule is Cn1cc(C(=O)N(CCO)C2CC2)c2ccccc21. The van der Waals surface area contributed by atoms with Gasteiger partial charge in [-0.1, -0.05) is 18.2 Å². The van der Waals surface area contributed by atoms with Crippen molar-refractivity contribution in [3.63, 3.8) is 0 Å². The Labute approximate surface area is 112 Å². The summed E-state index contributed by atoms with van der Waals surface area (Å²) in [6.45, 7) is 0.444. The lowest BCUT2D eigenvalue weighted by atomic mass is 10.1. The summed E-state index contributed by atoms with van der Waals surface area (Å²) in [5, 5.41) is 10.1. The van der Waals surface area contributed by atoms with Crippen LogP contribution in [-0.4, -0.2) is 39.7 Å². The molecule has 0 radical (unpaired) electrons. The van der Waals surface area contributed by atoms with Gasteiger partial charge in [-0.05, 0) is 18.9 Å². The van der Waals surface area contributed by atoms with Crippen molar-refractivity contribution in [2.45, 2.75) is 18.9 Å². The second-order valence-corrected chi connectivity index (χ2v) is 5.12. The number of aryl methyl sites for hydroxylation is 1. The topological polar surface area (TPSA) is 45.5 Å². The molecule has 0 unspecified atom stereocenters. The molecule has 4 heteroatoms. The maximum absolute atomic E-state index is 12.6. The number of carbonyl (C=O) groups is 1. The van der Waals surface area contributed by atoms with E-state index in [0.29, 0.717) is 12.6 Å². The van der Waals surface area contributed by atoms with Crippen molar-refractivity contribution in [2.75, 3.05) is 13.2 Å². The van der Waals surface area contributed by atoms with E-state index in [1.165, 1.54) is 0 Å². The first kappa shape index (κ1) is 12.2. The number of hydrogen-bond donors (Lipinski definition) is 1. The number of para-hydroxylation sites is 1. The Balaban J connectivity index is 2.01. The van der Waals surface area contributed by atoms with Crippen LogP contribution < -0.4 is 0 Å². The van der Waals surface area contributed by atoms with Crippen molar-refractivity contribution >= 4 is 16.8 Å². The quantitative estimate of drug-likeness (QED) is 0.908. The van der Waals surface area contributed by atoms with Gasteiger partial charge in [-0.2, -0.15) is 0 Å². The molecule has 1 saturated carbocycles. The van der Waals surface area contributed by atoms with E-state index >= 15 is 0 Å². The molecule has 4 nitrogen and oxygen atoms in total. The van der Waals surface area contributed by atoms with Crippen LogP contribution >= 0.6 is 0 Å². The van der Waals surface area contributed by atoms with Crippen LogP contribution in [0, 0.1) is 0 Å². The first-order valence-electron chi connectivity index (χ1n) is 6.68. The molecule has 0 spiro atoms. The van der Waals surface area contributed by atoms with Gasteiger partial charge in [-0.15, -0.1) is 0 Å². The summed E-state index contributed by atoms with van der Waals surface area (Å²) >= 11 is 0. The summed E-state index contributed by atoms with van der Waals surface area (Å²) < 4.78 is 1.98. The molecular formula is C15H18N2O2. The van der Waals surface area contributed by atoms with Crippen LogP contribution in [0.25, 0.3) is 10.9 Å². The Morgan fingerprint density at radius 1 is 1.42 bits per heavy atom. The predicted octanol–water partition coefficient (Wildman–Crippen LogP) is 1.78. The number of amides is 1. The van der Waals surface area contributed by atoms with Crippen molar-refractivity contribution < 1.29 is 9.90 Å². The van der Waals surface area contributed by atoms with Gasteiger partial charge in [-0.25, -0.2) is 0 Å². The van der Waals surface area contributed by atoms with E-state index in [2.05, 4.69) is 0 Å². The Kier molecular flexibility index (Phi) is 3.03. The lowest BCUT2D eigenvalue weighted by Crippen LogP contribution is -2.35. The molecule has 1 heterocycles. The molecule has 1 N–H and O–H groups in total. The molecule has 0 atom stereocenters. The minimum atomic E-state index is 0.0208. The van der Waals surface area contributed by atoms with Gasteiger partial charge in [0.25, 0.3) is 5.91 Å². The third-order valence-electron chi connectivity index (χ3n) is 3.72. The van der Waals surface area contributed by atoms with Crippen molar-refractivity contribution in [3.8, 4) is 0 Å². The number of aliphatic hydroxyl groups excluding tert-OH is 1. The standard InChI is InChI=1S/C15H18N2O2/c1-16-10-13(12-4-2-3-5-14(12)16)15(19)17(8-9-18)11-6-7-11/h2-5,10-11,18H,6-9H2,1H3. The number of aromatic nitrogens is 1. The van der Waals surface area contributed by atoms with E-state index in [9.17, 15) is 4.79 Å². The smallest absolute Gasteiger partial charge is 0.256 e. The van der Waals surface area contributed by atoms with E-state index in [1.54, 1.807) is 0 Å². The molecular weight excluding hydrogens is 240 g/mol. The summed E-state index contributed by atoms with van der Waals surface area (Å²) in [5.41, 5.74) is 1.80. The minimum absolute atomic E-state index is 0.0208. The molecule has 1 aromatic carbocycles.